The molecule has 1 aliphatic heterocycles. The summed E-state index contributed by atoms with van der Waals surface area (Å²) >= 11 is 0. The first kappa shape index (κ1) is 20.5. The molecule has 1 aliphatic carbocycles. The van der Waals surface area contributed by atoms with E-state index in [4.69, 9.17) is 0 Å². The Hall–Kier alpha value is -3.40. The van der Waals surface area contributed by atoms with Crippen LogP contribution in [0.15, 0.2) is 35.4 Å². The molecule has 0 unspecified atom stereocenters. The van der Waals surface area contributed by atoms with E-state index >= 15 is 0 Å². The van der Waals surface area contributed by atoms with Gasteiger partial charge in [0.05, 0.1) is 17.7 Å². The van der Waals surface area contributed by atoms with Crippen molar-refractivity contribution in [1.82, 2.24) is 19.9 Å². The lowest BCUT2D eigenvalue weighted by molar-refractivity contribution is 0.0950. The van der Waals surface area contributed by atoms with Gasteiger partial charge in [0.2, 0.25) is 5.43 Å². The van der Waals surface area contributed by atoms with Gasteiger partial charge in [0.1, 0.15) is 17.2 Å². The second-order valence-electron chi connectivity index (χ2n) is 8.28. The number of pyridine rings is 3. The number of anilines is 1. The molecule has 8 nitrogen and oxygen atoms in total. The van der Waals surface area contributed by atoms with E-state index in [2.05, 4.69) is 15.3 Å². The van der Waals surface area contributed by atoms with E-state index in [0.717, 1.165) is 19.0 Å². The van der Waals surface area contributed by atoms with Crippen molar-refractivity contribution in [1.29, 1.82) is 0 Å². The van der Waals surface area contributed by atoms with Crippen LogP contribution in [0, 0.1) is 17.6 Å². The zero-order valence-corrected chi connectivity index (χ0v) is 17.1. The maximum atomic E-state index is 14.6. The third kappa shape index (κ3) is 3.81. The molecule has 2 fully saturated rings. The number of β-amino-alcohol motifs (C(OH)–C–C–N with tert-alkyl or cyclic N) is 1. The van der Waals surface area contributed by atoms with Crippen LogP contribution < -0.4 is 15.6 Å². The number of amides is 1. The van der Waals surface area contributed by atoms with Gasteiger partial charge >= 0.3 is 0 Å². The molecule has 0 spiro atoms. The van der Waals surface area contributed by atoms with E-state index in [1.54, 1.807) is 6.07 Å². The summed E-state index contributed by atoms with van der Waals surface area (Å²) in [6.45, 7) is 1.43. The molecule has 1 saturated carbocycles. The number of fused-ring (bicyclic) bond motifs is 1. The van der Waals surface area contributed by atoms with Crippen LogP contribution in [0.2, 0.25) is 0 Å². The average molecular weight is 441 g/mol. The van der Waals surface area contributed by atoms with Gasteiger partial charge in [-0.1, -0.05) is 0 Å². The molecule has 0 radical (unpaired) electrons. The molecular weight excluding hydrogens is 420 g/mol. The van der Waals surface area contributed by atoms with Gasteiger partial charge in [-0.3, -0.25) is 14.2 Å². The standard InChI is InChI=1S/C22H21F2N5O3/c23-13-7-17(24)21(25-9-13)29-11-16(22(32)26-8-12-1-2-12)19(31)15-3-4-18(27-20(15)29)28-6-5-14(30)10-28/h3-4,7,9,11-12,14,30H,1-2,5-6,8,10H2,(H,26,32)/t14-/m1/s1. The fourth-order valence-corrected chi connectivity index (χ4v) is 3.88. The van der Waals surface area contributed by atoms with Crippen molar-refractivity contribution in [2.24, 2.45) is 5.92 Å². The van der Waals surface area contributed by atoms with Crippen LogP contribution in [-0.2, 0) is 0 Å². The van der Waals surface area contributed by atoms with Crippen molar-refractivity contribution in [3.63, 3.8) is 0 Å². The minimum Gasteiger partial charge on any atom is -0.391 e. The van der Waals surface area contributed by atoms with Gasteiger partial charge in [-0.05, 0) is 37.3 Å². The number of aromatic nitrogens is 3. The molecular formula is C22H21F2N5O3. The zero-order valence-electron chi connectivity index (χ0n) is 17.1. The van der Waals surface area contributed by atoms with Crippen molar-refractivity contribution in [2.75, 3.05) is 24.5 Å². The quantitative estimate of drug-likeness (QED) is 0.626. The molecule has 1 atom stereocenters. The van der Waals surface area contributed by atoms with Crippen LogP contribution >= 0.6 is 0 Å². The van der Waals surface area contributed by atoms with Gasteiger partial charge in [0, 0.05) is 31.9 Å². The Labute approximate surface area is 181 Å². The van der Waals surface area contributed by atoms with Gasteiger partial charge in [-0.2, -0.15) is 0 Å². The summed E-state index contributed by atoms with van der Waals surface area (Å²) in [6.07, 6.45) is 4.22. The predicted molar refractivity (Wildman–Crippen MR) is 113 cm³/mol. The second kappa shape index (κ2) is 7.94. The highest BCUT2D eigenvalue weighted by Crippen LogP contribution is 2.28. The third-order valence-electron chi connectivity index (χ3n) is 5.83. The number of carbonyl (C=O) groups is 1. The number of halogens is 2. The lowest BCUT2D eigenvalue weighted by Crippen LogP contribution is -2.31. The maximum absolute atomic E-state index is 14.6. The Balaban J connectivity index is 1.67. The van der Waals surface area contributed by atoms with Crippen molar-refractivity contribution in [3.8, 4) is 5.82 Å². The SMILES string of the molecule is O=C(NCC1CC1)c1cn(-c2ncc(F)cc2F)c2nc(N3CC[C@@H](O)C3)ccc2c1=O. The molecule has 3 aromatic rings. The monoisotopic (exact) mass is 441 g/mol. The number of aliphatic hydroxyl groups excluding tert-OH is 1. The number of aliphatic hydroxyl groups is 1. The number of nitrogens with one attached hydrogen (secondary N) is 1. The molecule has 1 saturated heterocycles. The molecule has 2 aliphatic rings. The first-order valence-electron chi connectivity index (χ1n) is 10.5. The van der Waals surface area contributed by atoms with Crippen molar-refractivity contribution >= 4 is 22.8 Å². The summed E-state index contributed by atoms with van der Waals surface area (Å²) in [5.41, 5.74) is -0.618. The first-order valence-corrected chi connectivity index (χ1v) is 10.5. The minimum atomic E-state index is -0.955. The Morgan fingerprint density at radius 2 is 2.06 bits per heavy atom. The largest absolute Gasteiger partial charge is 0.391 e. The lowest BCUT2D eigenvalue weighted by atomic mass is 10.1. The Morgan fingerprint density at radius 3 is 2.75 bits per heavy atom. The van der Waals surface area contributed by atoms with Gasteiger partial charge in [0.25, 0.3) is 5.91 Å². The summed E-state index contributed by atoms with van der Waals surface area (Å²) in [4.78, 5) is 36.0. The second-order valence-corrected chi connectivity index (χ2v) is 8.28. The van der Waals surface area contributed by atoms with Gasteiger partial charge in [-0.25, -0.2) is 18.7 Å². The summed E-state index contributed by atoms with van der Waals surface area (Å²) in [5, 5.41) is 12.7. The number of carbonyl (C=O) groups excluding carboxylic acids is 1. The predicted octanol–water partition coefficient (Wildman–Crippen LogP) is 1.77. The van der Waals surface area contributed by atoms with E-state index in [1.165, 1.54) is 16.8 Å². The molecule has 0 aromatic carbocycles. The van der Waals surface area contributed by atoms with Gasteiger partial charge in [0.15, 0.2) is 17.3 Å². The average Bonchev–Trinajstić information content (AvgIpc) is 3.51. The van der Waals surface area contributed by atoms with Crippen molar-refractivity contribution < 1.29 is 18.7 Å². The molecule has 166 valence electrons. The summed E-state index contributed by atoms with van der Waals surface area (Å²) in [7, 11) is 0. The maximum Gasteiger partial charge on any atom is 0.256 e. The molecule has 2 N–H and O–H groups in total. The van der Waals surface area contributed by atoms with Crippen LogP contribution in [0.4, 0.5) is 14.6 Å². The fraction of sp³-hybridized carbons (Fsp3) is 0.364. The Morgan fingerprint density at radius 1 is 1.25 bits per heavy atom. The minimum absolute atomic E-state index is 0.0886. The highest BCUT2D eigenvalue weighted by atomic mass is 19.1. The third-order valence-corrected chi connectivity index (χ3v) is 5.83. The van der Waals surface area contributed by atoms with Crippen LogP contribution in [-0.4, -0.2) is 51.3 Å². The van der Waals surface area contributed by atoms with Crippen LogP contribution in [0.25, 0.3) is 16.9 Å². The molecule has 4 heterocycles. The molecule has 1 amide bonds. The normalized spacial score (nSPS) is 18.3. The fourth-order valence-electron chi connectivity index (χ4n) is 3.88. The molecule has 0 bridgehead atoms. The Bertz CT molecular complexity index is 1270. The smallest absolute Gasteiger partial charge is 0.256 e. The Kier molecular flexibility index (Phi) is 5.09. The summed E-state index contributed by atoms with van der Waals surface area (Å²) < 4.78 is 29.3. The molecule has 5 rings (SSSR count). The van der Waals surface area contributed by atoms with E-state index in [1.807, 2.05) is 4.90 Å². The van der Waals surface area contributed by atoms with E-state index < -0.39 is 29.1 Å². The highest BCUT2D eigenvalue weighted by molar-refractivity contribution is 5.97. The zero-order chi connectivity index (χ0) is 22.4. The highest BCUT2D eigenvalue weighted by Gasteiger charge is 2.26. The number of nitrogens with zero attached hydrogens (tertiary/aromatic N) is 4. The van der Waals surface area contributed by atoms with E-state index in [-0.39, 0.29) is 22.4 Å². The summed E-state index contributed by atoms with van der Waals surface area (Å²) in [6, 6.07) is 3.84. The molecule has 10 heteroatoms. The molecule has 3 aromatic heterocycles. The summed E-state index contributed by atoms with van der Waals surface area (Å²) in [5.74, 6) is -1.74. The lowest BCUT2D eigenvalue weighted by Gasteiger charge is -2.19. The van der Waals surface area contributed by atoms with Crippen LogP contribution in [0.1, 0.15) is 29.6 Å². The van der Waals surface area contributed by atoms with Crippen molar-refractivity contribution in [3.05, 3.63) is 58.0 Å². The van der Waals surface area contributed by atoms with Gasteiger partial charge < -0.3 is 15.3 Å². The number of hydrogen-bond acceptors (Lipinski definition) is 6. The van der Waals surface area contributed by atoms with Crippen LogP contribution in [0.5, 0.6) is 0 Å². The van der Waals surface area contributed by atoms with Gasteiger partial charge in [-0.15, -0.1) is 0 Å². The topological polar surface area (TPSA) is 100 Å². The van der Waals surface area contributed by atoms with Crippen molar-refractivity contribution in [2.45, 2.75) is 25.4 Å². The molecule has 32 heavy (non-hydrogen) atoms. The van der Waals surface area contributed by atoms with E-state index in [0.29, 0.717) is 43.9 Å². The number of rotatable bonds is 5. The number of hydrogen-bond donors (Lipinski definition) is 2. The van der Waals surface area contributed by atoms with E-state index in [9.17, 15) is 23.5 Å². The first-order chi connectivity index (χ1) is 15.4. The van der Waals surface area contributed by atoms with Crippen LogP contribution in [0.3, 0.4) is 0 Å².